The van der Waals surface area contributed by atoms with Gasteiger partial charge in [0.05, 0.1) is 12.6 Å². The Morgan fingerprint density at radius 2 is 2.20 bits per heavy atom. The fraction of sp³-hybridized carbons (Fsp3) is 0.562. The topological polar surface area (TPSA) is 41.6 Å². The van der Waals surface area contributed by atoms with Gasteiger partial charge in [0.1, 0.15) is 0 Å². The summed E-state index contributed by atoms with van der Waals surface area (Å²) in [5.74, 6) is 0. The molecular formula is C16H24N2O2. The van der Waals surface area contributed by atoms with E-state index in [2.05, 4.69) is 24.4 Å². The fourth-order valence-corrected chi connectivity index (χ4v) is 2.46. The number of amides is 1. The van der Waals surface area contributed by atoms with Crippen LogP contribution in [0.3, 0.4) is 0 Å². The Balaban J connectivity index is 1.92. The minimum Gasteiger partial charge on any atom is -0.449 e. The van der Waals surface area contributed by atoms with E-state index in [1.54, 1.807) is 0 Å². The van der Waals surface area contributed by atoms with Gasteiger partial charge in [0, 0.05) is 19.6 Å². The lowest BCUT2D eigenvalue weighted by atomic mass is 10.0. The van der Waals surface area contributed by atoms with E-state index in [4.69, 9.17) is 4.74 Å². The van der Waals surface area contributed by atoms with E-state index in [0.717, 1.165) is 38.9 Å². The van der Waals surface area contributed by atoms with Crippen molar-refractivity contribution in [2.24, 2.45) is 0 Å². The molecule has 2 rings (SSSR count). The van der Waals surface area contributed by atoms with Gasteiger partial charge in [-0.05, 0) is 18.4 Å². The summed E-state index contributed by atoms with van der Waals surface area (Å²) in [5, 5.41) is 3.36. The molecule has 4 heteroatoms. The number of nitrogens with zero attached hydrogens (tertiary/aromatic N) is 1. The zero-order chi connectivity index (χ0) is 14.2. The summed E-state index contributed by atoms with van der Waals surface area (Å²) in [4.78, 5) is 14.0. The van der Waals surface area contributed by atoms with Crippen LogP contribution in [0.15, 0.2) is 30.3 Å². The average Bonchev–Trinajstić information content (AvgIpc) is 2.49. The molecule has 1 N–H and O–H groups in total. The lowest BCUT2D eigenvalue weighted by molar-refractivity contribution is 0.0765. The van der Waals surface area contributed by atoms with E-state index in [-0.39, 0.29) is 12.1 Å². The molecule has 0 saturated carbocycles. The van der Waals surface area contributed by atoms with Crippen molar-refractivity contribution in [3.8, 4) is 0 Å². The van der Waals surface area contributed by atoms with Gasteiger partial charge in [0.25, 0.3) is 0 Å². The van der Waals surface area contributed by atoms with E-state index in [1.807, 2.05) is 23.1 Å². The predicted octanol–water partition coefficient (Wildman–Crippen LogP) is 2.44. The highest BCUT2D eigenvalue weighted by atomic mass is 16.6. The maximum atomic E-state index is 12.1. The standard InChI is InChI=1S/C16H24N2O2/c1-2-3-11-20-16(19)18-10-9-17-13-15(18)12-14-7-5-4-6-8-14/h4-8,15,17H,2-3,9-13H2,1H3. The minimum atomic E-state index is -0.166. The first-order valence-corrected chi connectivity index (χ1v) is 7.49. The highest BCUT2D eigenvalue weighted by Gasteiger charge is 2.27. The molecule has 1 aliphatic rings. The van der Waals surface area contributed by atoms with Crippen LogP contribution in [0.5, 0.6) is 0 Å². The Morgan fingerprint density at radius 1 is 1.40 bits per heavy atom. The van der Waals surface area contributed by atoms with Crippen molar-refractivity contribution in [1.82, 2.24) is 10.2 Å². The van der Waals surface area contributed by atoms with E-state index < -0.39 is 0 Å². The molecule has 1 fully saturated rings. The van der Waals surface area contributed by atoms with Gasteiger partial charge in [0.2, 0.25) is 0 Å². The van der Waals surface area contributed by atoms with E-state index in [9.17, 15) is 4.79 Å². The molecule has 1 atom stereocenters. The summed E-state index contributed by atoms with van der Waals surface area (Å²) in [7, 11) is 0. The highest BCUT2D eigenvalue weighted by molar-refractivity contribution is 5.68. The molecule has 20 heavy (non-hydrogen) atoms. The molecule has 1 amide bonds. The lowest BCUT2D eigenvalue weighted by Crippen LogP contribution is -2.54. The zero-order valence-corrected chi connectivity index (χ0v) is 12.2. The van der Waals surface area contributed by atoms with Gasteiger partial charge in [-0.2, -0.15) is 0 Å². The first-order chi connectivity index (χ1) is 9.81. The molecule has 0 bridgehead atoms. The van der Waals surface area contributed by atoms with E-state index >= 15 is 0 Å². The van der Waals surface area contributed by atoms with Gasteiger partial charge in [-0.1, -0.05) is 43.7 Å². The van der Waals surface area contributed by atoms with Crippen LogP contribution < -0.4 is 5.32 Å². The molecule has 0 aliphatic carbocycles. The van der Waals surface area contributed by atoms with Crippen LogP contribution in [0.1, 0.15) is 25.3 Å². The molecular weight excluding hydrogens is 252 g/mol. The Bertz CT molecular complexity index is 408. The van der Waals surface area contributed by atoms with Crippen LogP contribution >= 0.6 is 0 Å². The van der Waals surface area contributed by atoms with Gasteiger partial charge < -0.3 is 15.0 Å². The molecule has 110 valence electrons. The van der Waals surface area contributed by atoms with Gasteiger partial charge in [-0.25, -0.2) is 4.79 Å². The Kier molecular flexibility index (Phi) is 5.87. The maximum absolute atomic E-state index is 12.1. The molecule has 0 radical (unpaired) electrons. The Labute approximate surface area is 121 Å². The summed E-state index contributed by atoms with van der Waals surface area (Å²) >= 11 is 0. The maximum Gasteiger partial charge on any atom is 0.410 e. The number of carbonyl (C=O) groups excluding carboxylic acids is 1. The fourth-order valence-electron chi connectivity index (χ4n) is 2.46. The van der Waals surface area contributed by atoms with Gasteiger partial charge in [0.15, 0.2) is 0 Å². The van der Waals surface area contributed by atoms with Crippen molar-refractivity contribution in [3.05, 3.63) is 35.9 Å². The number of nitrogens with one attached hydrogen (secondary N) is 1. The predicted molar refractivity (Wildman–Crippen MR) is 79.8 cm³/mol. The SMILES string of the molecule is CCCCOC(=O)N1CCNCC1Cc1ccccc1. The number of hydrogen-bond donors (Lipinski definition) is 1. The molecule has 1 saturated heterocycles. The monoisotopic (exact) mass is 276 g/mol. The molecule has 4 nitrogen and oxygen atoms in total. The van der Waals surface area contributed by atoms with Crippen molar-refractivity contribution in [1.29, 1.82) is 0 Å². The van der Waals surface area contributed by atoms with Gasteiger partial charge >= 0.3 is 6.09 Å². The molecule has 0 aromatic heterocycles. The number of ether oxygens (including phenoxy) is 1. The third kappa shape index (κ3) is 4.23. The molecule has 1 unspecified atom stereocenters. The molecule has 1 aromatic rings. The van der Waals surface area contributed by atoms with Crippen LogP contribution in [0, 0.1) is 0 Å². The minimum absolute atomic E-state index is 0.166. The quantitative estimate of drug-likeness (QED) is 0.840. The number of benzene rings is 1. The van der Waals surface area contributed by atoms with Crippen molar-refractivity contribution in [2.45, 2.75) is 32.2 Å². The number of hydrogen-bond acceptors (Lipinski definition) is 3. The second kappa shape index (κ2) is 7.90. The van der Waals surface area contributed by atoms with Crippen molar-refractivity contribution in [3.63, 3.8) is 0 Å². The van der Waals surface area contributed by atoms with Crippen molar-refractivity contribution < 1.29 is 9.53 Å². The molecule has 1 heterocycles. The number of piperazine rings is 1. The summed E-state index contributed by atoms with van der Waals surface area (Å²) in [6, 6.07) is 10.5. The average molecular weight is 276 g/mol. The highest BCUT2D eigenvalue weighted by Crippen LogP contribution is 2.12. The Morgan fingerprint density at radius 3 is 2.95 bits per heavy atom. The summed E-state index contributed by atoms with van der Waals surface area (Å²) in [6.45, 7) is 5.02. The second-order valence-corrected chi connectivity index (χ2v) is 5.21. The largest absolute Gasteiger partial charge is 0.449 e. The van der Waals surface area contributed by atoms with Crippen LogP contribution in [0.4, 0.5) is 4.79 Å². The Hall–Kier alpha value is -1.55. The van der Waals surface area contributed by atoms with E-state index in [0.29, 0.717) is 6.61 Å². The van der Waals surface area contributed by atoms with Crippen LogP contribution in [0.25, 0.3) is 0 Å². The summed E-state index contributed by atoms with van der Waals surface area (Å²) < 4.78 is 5.35. The van der Waals surface area contributed by atoms with Crippen LogP contribution in [-0.2, 0) is 11.2 Å². The normalized spacial score (nSPS) is 18.9. The number of rotatable bonds is 5. The smallest absolute Gasteiger partial charge is 0.410 e. The summed E-state index contributed by atoms with van der Waals surface area (Å²) in [5.41, 5.74) is 1.26. The van der Waals surface area contributed by atoms with Crippen molar-refractivity contribution in [2.75, 3.05) is 26.2 Å². The second-order valence-electron chi connectivity index (χ2n) is 5.21. The first-order valence-electron chi connectivity index (χ1n) is 7.49. The van der Waals surface area contributed by atoms with Gasteiger partial charge in [-0.3, -0.25) is 0 Å². The van der Waals surface area contributed by atoms with Crippen LogP contribution in [0.2, 0.25) is 0 Å². The third-order valence-corrected chi connectivity index (χ3v) is 3.62. The van der Waals surface area contributed by atoms with Crippen LogP contribution in [-0.4, -0.2) is 43.3 Å². The lowest BCUT2D eigenvalue weighted by Gasteiger charge is -2.35. The number of unbranched alkanes of at least 4 members (excludes halogenated alkanes) is 1. The zero-order valence-electron chi connectivity index (χ0n) is 12.2. The third-order valence-electron chi connectivity index (χ3n) is 3.62. The summed E-state index contributed by atoms with van der Waals surface area (Å²) in [6.07, 6.45) is 2.68. The first kappa shape index (κ1) is 14.9. The number of carbonyl (C=O) groups is 1. The molecule has 1 aromatic carbocycles. The molecule has 0 spiro atoms. The molecule has 1 aliphatic heterocycles. The van der Waals surface area contributed by atoms with Crippen molar-refractivity contribution >= 4 is 6.09 Å². The van der Waals surface area contributed by atoms with Gasteiger partial charge in [-0.15, -0.1) is 0 Å². The van der Waals surface area contributed by atoms with E-state index in [1.165, 1.54) is 5.56 Å².